The molecule has 146 valence electrons. The van der Waals surface area contributed by atoms with Gasteiger partial charge in [-0.15, -0.1) is 0 Å². The minimum atomic E-state index is -0.217. The van der Waals surface area contributed by atoms with E-state index in [0.29, 0.717) is 30.3 Å². The van der Waals surface area contributed by atoms with Crippen molar-refractivity contribution in [1.29, 1.82) is 0 Å². The summed E-state index contributed by atoms with van der Waals surface area (Å²) in [6, 6.07) is 11.3. The van der Waals surface area contributed by atoms with Gasteiger partial charge < -0.3 is 18.9 Å². The number of ether oxygens (including phenoxy) is 2. The van der Waals surface area contributed by atoms with Gasteiger partial charge in [-0.3, -0.25) is 9.36 Å². The van der Waals surface area contributed by atoms with Gasteiger partial charge in [0.25, 0.3) is 5.91 Å². The molecule has 1 aliphatic rings. The molecule has 4 rings (SSSR count). The fourth-order valence-electron chi connectivity index (χ4n) is 3.54. The van der Waals surface area contributed by atoms with Gasteiger partial charge in [0, 0.05) is 24.5 Å². The van der Waals surface area contributed by atoms with Crippen molar-refractivity contribution >= 4 is 5.91 Å². The van der Waals surface area contributed by atoms with Crippen LogP contribution in [0.1, 0.15) is 27.5 Å². The van der Waals surface area contributed by atoms with Crippen molar-refractivity contribution in [3.05, 3.63) is 59.1 Å². The standard InChI is InChI=1S/C21H23N3O4/c1-13-9-17(15(3)24(13)20-10-14(2)28-22-20)21(25)23(4)11-16-12-26-18-7-5-6-8-19(18)27-16/h5-10,16H,11-12H2,1-4H3. The van der Waals surface area contributed by atoms with Crippen LogP contribution in [0.3, 0.4) is 0 Å². The number of rotatable bonds is 4. The summed E-state index contributed by atoms with van der Waals surface area (Å²) in [5, 5.41) is 4.07. The van der Waals surface area contributed by atoms with Crippen LogP contribution < -0.4 is 9.47 Å². The Bertz CT molecular complexity index is 1020. The second-order valence-electron chi connectivity index (χ2n) is 7.10. The molecule has 0 saturated carbocycles. The van der Waals surface area contributed by atoms with Crippen LogP contribution in [0.2, 0.25) is 0 Å². The van der Waals surface area contributed by atoms with Gasteiger partial charge in [0.05, 0.1) is 12.1 Å². The Labute approximate surface area is 163 Å². The highest BCUT2D eigenvalue weighted by Gasteiger charge is 2.26. The second-order valence-corrected chi connectivity index (χ2v) is 7.10. The van der Waals surface area contributed by atoms with E-state index in [2.05, 4.69) is 5.16 Å². The molecule has 0 saturated heterocycles. The maximum Gasteiger partial charge on any atom is 0.255 e. The summed E-state index contributed by atoms with van der Waals surface area (Å²) in [6.45, 7) is 6.54. The number of fused-ring (bicyclic) bond motifs is 1. The minimum absolute atomic E-state index is 0.0676. The molecule has 28 heavy (non-hydrogen) atoms. The first-order valence-electron chi connectivity index (χ1n) is 9.20. The maximum atomic E-state index is 13.1. The van der Waals surface area contributed by atoms with E-state index in [1.807, 2.05) is 61.7 Å². The van der Waals surface area contributed by atoms with Gasteiger partial charge in [-0.05, 0) is 39.0 Å². The van der Waals surface area contributed by atoms with Crippen molar-refractivity contribution < 1.29 is 18.8 Å². The van der Waals surface area contributed by atoms with Crippen LogP contribution >= 0.6 is 0 Å². The van der Waals surface area contributed by atoms with Gasteiger partial charge >= 0.3 is 0 Å². The summed E-state index contributed by atoms with van der Waals surface area (Å²) in [6.07, 6.45) is -0.217. The average Bonchev–Trinajstić information content (AvgIpc) is 3.23. The molecule has 1 amide bonds. The summed E-state index contributed by atoms with van der Waals surface area (Å²) in [5.41, 5.74) is 2.39. The molecule has 7 heteroatoms. The zero-order valence-electron chi connectivity index (χ0n) is 16.4. The van der Waals surface area contributed by atoms with Gasteiger partial charge in [-0.1, -0.05) is 17.3 Å². The lowest BCUT2D eigenvalue weighted by atomic mass is 10.2. The molecule has 1 aromatic carbocycles. The van der Waals surface area contributed by atoms with Gasteiger partial charge in [0.1, 0.15) is 12.4 Å². The van der Waals surface area contributed by atoms with Crippen LogP contribution in [0, 0.1) is 20.8 Å². The van der Waals surface area contributed by atoms with E-state index in [-0.39, 0.29) is 12.0 Å². The Kier molecular flexibility index (Phi) is 4.58. The predicted molar refractivity (Wildman–Crippen MR) is 103 cm³/mol. The highest BCUT2D eigenvalue weighted by molar-refractivity contribution is 5.95. The van der Waals surface area contributed by atoms with E-state index in [1.54, 1.807) is 11.9 Å². The number of nitrogens with zero attached hydrogens (tertiary/aromatic N) is 3. The maximum absolute atomic E-state index is 13.1. The largest absolute Gasteiger partial charge is 0.486 e. The lowest BCUT2D eigenvalue weighted by Gasteiger charge is -2.29. The number of aryl methyl sites for hydroxylation is 2. The highest BCUT2D eigenvalue weighted by Crippen LogP contribution is 2.31. The molecule has 7 nitrogen and oxygen atoms in total. The molecule has 0 N–H and O–H groups in total. The SMILES string of the molecule is Cc1cc(-n2c(C)cc(C(=O)N(C)CC3COc4ccccc4O3)c2C)no1. The Morgan fingerprint density at radius 3 is 2.68 bits per heavy atom. The zero-order chi connectivity index (χ0) is 19.8. The molecule has 2 aromatic heterocycles. The quantitative estimate of drug-likeness (QED) is 0.694. The molecule has 1 unspecified atom stereocenters. The minimum Gasteiger partial charge on any atom is -0.486 e. The third-order valence-corrected chi connectivity index (χ3v) is 4.90. The van der Waals surface area contributed by atoms with Crippen LogP contribution in [0.5, 0.6) is 11.5 Å². The van der Waals surface area contributed by atoms with Gasteiger partial charge in [0.2, 0.25) is 0 Å². The van der Waals surface area contributed by atoms with Crippen molar-refractivity contribution in [3.8, 4) is 17.3 Å². The first-order valence-corrected chi connectivity index (χ1v) is 9.20. The number of hydrogen-bond acceptors (Lipinski definition) is 5. The number of hydrogen-bond donors (Lipinski definition) is 0. The Balaban J connectivity index is 1.50. The number of amides is 1. The molecule has 0 bridgehead atoms. The number of likely N-dealkylation sites (N-methyl/N-ethyl adjacent to an activating group) is 1. The number of carbonyl (C=O) groups excluding carboxylic acids is 1. The van der Waals surface area contributed by atoms with E-state index in [0.717, 1.165) is 22.9 Å². The molecule has 0 radical (unpaired) electrons. The van der Waals surface area contributed by atoms with Crippen LogP contribution in [0.4, 0.5) is 0 Å². The van der Waals surface area contributed by atoms with Crippen LogP contribution in [-0.4, -0.2) is 46.8 Å². The van der Waals surface area contributed by atoms with Crippen molar-refractivity contribution in [3.63, 3.8) is 0 Å². The summed E-state index contributed by atoms with van der Waals surface area (Å²) >= 11 is 0. The summed E-state index contributed by atoms with van der Waals surface area (Å²) < 4.78 is 18.8. The van der Waals surface area contributed by atoms with E-state index in [4.69, 9.17) is 14.0 Å². The van der Waals surface area contributed by atoms with Crippen LogP contribution in [0.25, 0.3) is 5.82 Å². The topological polar surface area (TPSA) is 69.7 Å². The first kappa shape index (κ1) is 18.2. The van der Waals surface area contributed by atoms with E-state index < -0.39 is 0 Å². The van der Waals surface area contributed by atoms with Crippen LogP contribution in [-0.2, 0) is 0 Å². The third kappa shape index (κ3) is 3.24. The molecule has 0 aliphatic carbocycles. The van der Waals surface area contributed by atoms with Crippen molar-refractivity contribution in [1.82, 2.24) is 14.6 Å². The molecule has 0 spiro atoms. The van der Waals surface area contributed by atoms with Crippen molar-refractivity contribution in [2.45, 2.75) is 26.9 Å². The summed E-state index contributed by atoms with van der Waals surface area (Å²) in [7, 11) is 1.78. The van der Waals surface area contributed by atoms with Crippen molar-refractivity contribution in [2.75, 3.05) is 20.2 Å². The predicted octanol–water partition coefficient (Wildman–Crippen LogP) is 3.30. The van der Waals surface area contributed by atoms with E-state index in [1.165, 1.54) is 0 Å². The molecular weight excluding hydrogens is 358 g/mol. The van der Waals surface area contributed by atoms with E-state index in [9.17, 15) is 4.79 Å². The monoisotopic (exact) mass is 381 g/mol. The molecular formula is C21H23N3O4. The Hall–Kier alpha value is -3.22. The third-order valence-electron chi connectivity index (χ3n) is 4.90. The number of para-hydroxylation sites is 2. The van der Waals surface area contributed by atoms with E-state index >= 15 is 0 Å². The second kappa shape index (κ2) is 7.07. The summed E-state index contributed by atoms with van der Waals surface area (Å²) in [5.74, 6) is 2.78. The number of carbonyl (C=O) groups is 1. The van der Waals surface area contributed by atoms with Gasteiger partial charge in [-0.2, -0.15) is 0 Å². The fraction of sp³-hybridized carbons (Fsp3) is 0.333. The molecule has 3 aromatic rings. The Morgan fingerprint density at radius 2 is 1.96 bits per heavy atom. The number of aromatic nitrogens is 2. The highest BCUT2D eigenvalue weighted by atomic mass is 16.6. The summed E-state index contributed by atoms with van der Waals surface area (Å²) in [4.78, 5) is 14.7. The molecule has 0 fully saturated rings. The van der Waals surface area contributed by atoms with Crippen LogP contribution in [0.15, 0.2) is 40.9 Å². The van der Waals surface area contributed by atoms with Gasteiger partial charge in [-0.25, -0.2) is 0 Å². The lowest BCUT2D eigenvalue weighted by molar-refractivity contribution is 0.0520. The fourth-order valence-corrected chi connectivity index (χ4v) is 3.54. The van der Waals surface area contributed by atoms with Crippen molar-refractivity contribution in [2.24, 2.45) is 0 Å². The Morgan fingerprint density at radius 1 is 1.21 bits per heavy atom. The smallest absolute Gasteiger partial charge is 0.255 e. The molecule has 1 aliphatic heterocycles. The average molecular weight is 381 g/mol. The first-order chi connectivity index (χ1) is 13.4. The number of benzene rings is 1. The zero-order valence-corrected chi connectivity index (χ0v) is 16.4. The normalized spacial score (nSPS) is 15.5. The van der Waals surface area contributed by atoms with Gasteiger partial charge in [0.15, 0.2) is 23.4 Å². The lowest BCUT2D eigenvalue weighted by Crippen LogP contribution is -2.41. The molecule has 3 heterocycles. The molecule has 1 atom stereocenters.